The Morgan fingerprint density at radius 1 is 1.07 bits per heavy atom. The molecule has 7 nitrogen and oxygen atoms in total. The number of fused-ring (bicyclic) bond motifs is 1. The summed E-state index contributed by atoms with van der Waals surface area (Å²) in [7, 11) is 0. The Balaban J connectivity index is 2.19. The maximum absolute atomic E-state index is 12.6. The topological polar surface area (TPSA) is 108 Å². The van der Waals surface area contributed by atoms with Gasteiger partial charge in [0, 0.05) is 28.1 Å². The lowest BCUT2D eigenvalue weighted by Gasteiger charge is -2.24. The Morgan fingerprint density at radius 3 is 2.17 bits per heavy atom. The Morgan fingerprint density at radius 2 is 1.63 bits per heavy atom. The number of aromatic hydroxyl groups is 2. The molecule has 0 aromatic heterocycles. The minimum Gasteiger partial charge on any atom is -0.507 e. The highest BCUT2D eigenvalue weighted by Gasteiger charge is 2.26. The summed E-state index contributed by atoms with van der Waals surface area (Å²) in [5, 5.41) is 27.3. The van der Waals surface area contributed by atoms with Crippen molar-refractivity contribution in [1.82, 2.24) is 10.6 Å². The van der Waals surface area contributed by atoms with Gasteiger partial charge in [-0.3, -0.25) is 4.79 Å². The molecule has 1 atom stereocenters. The molecule has 2 amide bonds. The number of phenols is 2. The second-order valence-corrected chi connectivity index (χ2v) is 8.49. The third-order valence-electron chi connectivity index (χ3n) is 4.55. The number of alkyl carbamates (subject to hydrolysis) is 1. The summed E-state index contributed by atoms with van der Waals surface area (Å²) >= 11 is 0. The number of nitrogens with one attached hydrogen (secondary N) is 2. The summed E-state index contributed by atoms with van der Waals surface area (Å²) in [6.07, 6.45) is 2.22. The predicted octanol–water partition coefficient (Wildman–Crippen LogP) is 4.20. The van der Waals surface area contributed by atoms with Gasteiger partial charge in [-0.05, 0) is 39.7 Å². The molecule has 0 bridgehead atoms. The molecule has 0 aliphatic heterocycles. The second-order valence-electron chi connectivity index (χ2n) is 8.49. The van der Waals surface area contributed by atoms with Crippen molar-refractivity contribution in [2.75, 3.05) is 0 Å². The minimum absolute atomic E-state index is 0.0127. The van der Waals surface area contributed by atoms with Gasteiger partial charge in [-0.1, -0.05) is 38.1 Å². The standard InChI is InChI=1S/C23H30N2O5/c1-13(2)18(25-22(29)30-23(4,5)6)21(28)24-12-11-15-14(3)19(26)16-9-7-8-10-17(16)20(15)27/h7-13,18,26-27H,1-6H3,(H,24,28)(H,25,29). The molecule has 162 valence electrons. The average Bonchev–Trinajstić information content (AvgIpc) is 2.65. The van der Waals surface area contributed by atoms with Crippen LogP contribution in [-0.4, -0.2) is 33.9 Å². The summed E-state index contributed by atoms with van der Waals surface area (Å²) in [6, 6.07) is 6.17. The monoisotopic (exact) mass is 414 g/mol. The first kappa shape index (κ1) is 23.1. The molecule has 7 heteroatoms. The van der Waals surface area contributed by atoms with E-state index in [1.165, 1.54) is 12.3 Å². The van der Waals surface area contributed by atoms with Gasteiger partial charge in [-0.15, -0.1) is 0 Å². The van der Waals surface area contributed by atoms with Crippen LogP contribution in [0.5, 0.6) is 11.5 Å². The zero-order valence-corrected chi connectivity index (χ0v) is 18.2. The molecule has 0 radical (unpaired) electrons. The number of ether oxygens (including phenoxy) is 1. The van der Waals surface area contributed by atoms with E-state index in [4.69, 9.17) is 4.74 Å². The van der Waals surface area contributed by atoms with Gasteiger partial charge in [0.05, 0.1) is 0 Å². The molecule has 0 fully saturated rings. The van der Waals surface area contributed by atoms with Gasteiger partial charge in [-0.25, -0.2) is 4.79 Å². The molecule has 2 rings (SSSR count). The van der Waals surface area contributed by atoms with Crippen molar-refractivity contribution in [3.63, 3.8) is 0 Å². The van der Waals surface area contributed by atoms with E-state index in [1.807, 2.05) is 13.8 Å². The Bertz CT molecular complexity index is 974. The third-order valence-corrected chi connectivity index (χ3v) is 4.55. The van der Waals surface area contributed by atoms with E-state index in [0.717, 1.165) is 0 Å². The van der Waals surface area contributed by atoms with Crippen LogP contribution in [0.25, 0.3) is 16.8 Å². The summed E-state index contributed by atoms with van der Waals surface area (Å²) in [4.78, 5) is 24.6. The molecule has 0 saturated heterocycles. The second kappa shape index (κ2) is 9.07. The molecule has 0 saturated carbocycles. The molecule has 0 aliphatic carbocycles. The van der Waals surface area contributed by atoms with Gasteiger partial charge in [0.25, 0.3) is 0 Å². The largest absolute Gasteiger partial charge is 0.507 e. The van der Waals surface area contributed by atoms with Crippen molar-refractivity contribution < 1.29 is 24.5 Å². The number of phenolic OH excluding ortho intramolecular Hbond substituents is 2. The Labute approximate surface area is 176 Å². The fourth-order valence-corrected chi connectivity index (χ4v) is 3.02. The molecule has 4 N–H and O–H groups in total. The highest BCUT2D eigenvalue weighted by atomic mass is 16.6. The lowest BCUT2D eigenvalue weighted by atomic mass is 9.98. The molecule has 2 aromatic rings. The Hall–Kier alpha value is -3.22. The number of carbonyl (C=O) groups excluding carboxylic acids is 2. The third kappa shape index (κ3) is 5.43. The quantitative estimate of drug-likeness (QED) is 0.549. The first-order chi connectivity index (χ1) is 13.9. The zero-order chi connectivity index (χ0) is 22.6. The van der Waals surface area contributed by atoms with Gasteiger partial charge in [-0.2, -0.15) is 0 Å². The van der Waals surface area contributed by atoms with Crippen molar-refractivity contribution in [2.24, 2.45) is 5.92 Å². The highest BCUT2D eigenvalue weighted by molar-refractivity contribution is 5.97. The summed E-state index contributed by atoms with van der Waals surface area (Å²) in [5.74, 6) is -0.514. The van der Waals surface area contributed by atoms with E-state index in [2.05, 4.69) is 10.6 Å². The van der Waals surface area contributed by atoms with E-state index < -0.39 is 23.6 Å². The smallest absolute Gasteiger partial charge is 0.408 e. The van der Waals surface area contributed by atoms with Crippen LogP contribution in [0.2, 0.25) is 0 Å². The lowest BCUT2D eigenvalue weighted by molar-refractivity contribution is -0.123. The molecular weight excluding hydrogens is 384 g/mol. The van der Waals surface area contributed by atoms with Crippen molar-refractivity contribution in [3.8, 4) is 11.5 Å². The van der Waals surface area contributed by atoms with Crippen molar-refractivity contribution in [1.29, 1.82) is 0 Å². The van der Waals surface area contributed by atoms with Gasteiger partial charge in [0.1, 0.15) is 23.1 Å². The van der Waals surface area contributed by atoms with Gasteiger partial charge < -0.3 is 25.6 Å². The van der Waals surface area contributed by atoms with Gasteiger partial charge >= 0.3 is 6.09 Å². The summed E-state index contributed by atoms with van der Waals surface area (Å²) in [5.41, 5.74) is 0.214. The maximum atomic E-state index is 12.6. The molecule has 0 heterocycles. The maximum Gasteiger partial charge on any atom is 0.408 e. The van der Waals surface area contributed by atoms with Crippen molar-refractivity contribution in [2.45, 2.75) is 53.2 Å². The van der Waals surface area contributed by atoms with E-state index in [1.54, 1.807) is 52.0 Å². The van der Waals surface area contributed by atoms with Crippen LogP contribution in [0, 0.1) is 12.8 Å². The van der Waals surface area contributed by atoms with Crippen molar-refractivity contribution in [3.05, 3.63) is 41.6 Å². The number of hydrogen-bond donors (Lipinski definition) is 4. The SMILES string of the molecule is Cc1c(C=CNC(=O)C(NC(=O)OC(C)(C)C)C(C)C)c(O)c2ccccc2c1O. The van der Waals surface area contributed by atoms with E-state index >= 15 is 0 Å². The molecule has 0 aliphatic rings. The molecule has 1 unspecified atom stereocenters. The highest BCUT2D eigenvalue weighted by Crippen LogP contribution is 2.39. The summed E-state index contributed by atoms with van der Waals surface area (Å²) < 4.78 is 5.22. The number of rotatable bonds is 5. The van der Waals surface area contributed by atoms with Crippen LogP contribution in [-0.2, 0) is 9.53 Å². The number of benzene rings is 2. The number of carbonyl (C=O) groups is 2. The predicted molar refractivity (Wildman–Crippen MR) is 117 cm³/mol. The lowest BCUT2D eigenvalue weighted by Crippen LogP contribution is -2.49. The fraction of sp³-hybridized carbons (Fsp3) is 0.391. The van der Waals surface area contributed by atoms with Crippen molar-refractivity contribution >= 4 is 28.8 Å². The molecule has 0 spiro atoms. The van der Waals surface area contributed by atoms with Gasteiger partial charge in [0.2, 0.25) is 5.91 Å². The number of amides is 2. The van der Waals surface area contributed by atoms with E-state index in [0.29, 0.717) is 21.9 Å². The van der Waals surface area contributed by atoms with Crippen LogP contribution < -0.4 is 10.6 Å². The van der Waals surface area contributed by atoms with Crippen LogP contribution in [0.1, 0.15) is 45.7 Å². The van der Waals surface area contributed by atoms with E-state index in [-0.39, 0.29) is 17.4 Å². The fourth-order valence-electron chi connectivity index (χ4n) is 3.02. The first-order valence-corrected chi connectivity index (χ1v) is 9.82. The molecular formula is C23H30N2O5. The molecule has 30 heavy (non-hydrogen) atoms. The van der Waals surface area contributed by atoms with Gasteiger partial charge in [0.15, 0.2) is 0 Å². The van der Waals surface area contributed by atoms with E-state index in [9.17, 15) is 19.8 Å². The normalized spacial score (nSPS) is 12.9. The first-order valence-electron chi connectivity index (χ1n) is 9.82. The van der Waals surface area contributed by atoms with Crippen LogP contribution >= 0.6 is 0 Å². The number of hydrogen-bond acceptors (Lipinski definition) is 5. The van der Waals surface area contributed by atoms with Crippen LogP contribution in [0.15, 0.2) is 30.5 Å². The zero-order valence-electron chi connectivity index (χ0n) is 18.2. The average molecular weight is 415 g/mol. The van der Waals surface area contributed by atoms with Crippen LogP contribution in [0.3, 0.4) is 0 Å². The molecule has 2 aromatic carbocycles. The summed E-state index contributed by atoms with van der Waals surface area (Å²) in [6.45, 7) is 10.5. The minimum atomic E-state index is -0.802. The Kier molecular flexibility index (Phi) is 6.97. The van der Waals surface area contributed by atoms with Crippen LogP contribution in [0.4, 0.5) is 4.79 Å².